The molecule has 0 saturated carbocycles. The SMILES string of the molecule is COc1ccc(-n2nnnc2SCc2ccccc2Oc2ccccc2)cc1. The number of benzene rings is 3. The summed E-state index contributed by atoms with van der Waals surface area (Å²) in [6, 6.07) is 25.3. The van der Waals surface area contributed by atoms with Gasteiger partial charge in [0.15, 0.2) is 0 Å². The average Bonchev–Trinajstić information content (AvgIpc) is 3.22. The van der Waals surface area contributed by atoms with E-state index in [1.54, 1.807) is 23.6 Å². The molecule has 0 saturated heterocycles. The molecular formula is C21H18N4O2S. The summed E-state index contributed by atoms with van der Waals surface area (Å²) in [5, 5.41) is 12.8. The number of aromatic nitrogens is 4. The molecule has 4 aromatic rings. The number of para-hydroxylation sites is 2. The normalized spacial score (nSPS) is 10.6. The minimum Gasteiger partial charge on any atom is -0.497 e. The molecule has 0 bridgehead atoms. The van der Waals surface area contributed by atoms with Crippen molar-refractivity contribution in [2.75, 3.05) is 7.11 Å². The highest BCUT2D eigenvalue weighted by Gasteiger charge is 2.12. The smallest absolute Gasteiger partial charge is 0.214 e. The summed E-state index contributed by atoms with van der Waals surface area (Å²) in [7, 11) is 1.64. The van der Waals surface area contributed by atoms with E-state index in [1.807, 2.05) is 78.9 Å². The highest BCUT2D eigenvalue weighted by molar-refractivity contribution is 7.98. The fraction of sp³-hybridized carbons (Fsp3) is 0.0952. The van der Waals surface area contributed by atoms with Crippen LogP contribution < -0.4 is 9.47 Å². The molecule has 0 N–H and O–H groups in total. The minimum atomic E-state index is 0.680. The molecule has 0 fully saturated rings. The lowest BCUT2D eigenvalue weighted by atomic mass is 10.2. The molecule has 0 atom stereocenters. The quantitative estimate of drug-likeness (QED) is 0.424. The monoisotopic (exact) mass is 390 g/mol. The predicted octanol–water partition coefficient (Wildman–Crippen LogP) is 4.76. The van der Waals surface area contributed by atoms with E-state index in [0.29, 0.717) is 10.9 Å². The van der Waals surface area contributed by atoms with Crippen molar-refractivity contribution in [1.29, 1.82) is 0 Å². The van der Waals surface area contributed by atoms with Gasteiger partial charge in [0.2, 0.25) is 5.16 Å². The Balaban J connectivity index is 1.51. The Morgan fingerprint density at radius 3 is 2.39 bits per heavy atom. The first-order chi connectivity index (χ1) is 13.8. The molecule has 0 spiro atoms. The zero-order valence-corrected chi connectivity index (χ0v) is 16.0. The van der Waals surface area contributed by atoms with E-state index in [0.717, 1.165) is 28.5 Å². The number of methoxy groups -OCH3 is 1. The Kier molecular flexibility index (Phi) is 5.53. The Morgan fingerprint density at radius 2 is 1.61 bits per heavy atom. The van der Waals surface area contributed by atoms with Crippen molar-refractivity contribution in [3.05, 3.63) is 84.4 Å². The molecule has 0 radical (unpaired) electrons. The largest absolute Gasteiger partial charge is 0.497 e. The van der Waals surface area contributed by atoms with Crippen LogP contribution >= 0.6 is 11.8 Å². The van der Waals surface area contributed by atoms with Crippen molar-refractivity contribution < 1.29 is 9.47 Å². The number of nitrogens with zero attached hydrogens (tertiary/aromatic N) is 4. The number of thioether (sulfide) groups is 1. The van der Waals surface area contributed by atoms with Crippen LogP contribution in [0.3, 0.4) is 0 Å². The molecule has 1 aromatic heterocycles. The molecule has 4 rings (SSSR count). The van der Waals surface area contributed by atoms with Gasteiger partial charge < -0.3 is 9.47 Å². The first kappa shape index (κ1) is 18.1. The van der Waals surface area contributed by atoms with Crippen LogP contribution in [-0.4, -0.2) is 27.3 Å². The van der Waals surface area contributed by atoms with Crippen molar-refractivity contribution in [3.8, 4) is 22.9 Å². The third-order valence-electron chi connectivity index (χ3n) is 4.06. The summed E-state index contributed by atoms with van der Waals surface area (Å²) in [5.41, 5.74) is 1.95. The van der Waals surface area contributed by atoms with Crippen LogP contribution in [0.25, 0.3) is 5.69 Å². The van der Waals surface area contributed by atoms with Gasteiger partial charge >= 0.3 is 0 Å². The number of ether oxygens (including phenoxy) is 2. The van der Waals surface area contributed by atoms with Gasteiger partial charge in [0.1, 0.15) is 17.2 Å². The van der Waals surface area contributed by atoms with E-state index in [2.05, 4.69) is 15.5 Å². The van der Waals surface area contributed by atoms with Gasteiger partial charge in [-0.15, -0.1) is 5.10 Å². The molecular weight excluding hydrogens is 372 g/mol. The van der Waals surface area contributed by atoms with Gasteiger partial charge in [-0.2, -0.15) is 4.68 Å². The van der Waals surface area contributed by atoms with E-state index < -0.39 is 0 Å². The number of tetrazole rings is 1. The topological polar surface area (TPSA) is 62.1 Å². The Labute approximate surface area is 167 Å². The molecule has 140 valence electrons. The van der Waals surface area contributed by atoms with Crippen molar-refractivity contribution in [2.24, 2.45) is 0 Å². The van der Waals surface area contributed by atoms with Gasteiger partial charge in [-0.3, -0.25) is 0 Å². The van der Waals surface area contributed by atoms with Crippen LogP contribution in [0.15, 0.2) is 84.0 Å². The van der Waals surface area contributed by atoms with Gasteiger partial charge in [0, 0.05) is 11.3 Å². The third-order valence-corrected chi connectivity index (χ3v) is 5.03. The summed E-state index contributed by atoms with van der Waals surface area (Å²) in [4.78, 5) is 0. The number of rotatable bonds is 7. The number of hydrogen-bond donors (Lipinski definition) is 0. The standard InChI is InChI=1S/C21H18N4O2S/c1-26-18-13-11-17(12-14-18)25-21(22-23-24-25)28-15-16-7-5-6-10-20(16)27-19-8-3-2-4-9-19/h2-14H,15H2,1H3. The molecule has 0 aliphatic heterocycles. The molecule has 0 amide bonds. The van der Waals surface area contributed by atoms with Gasteiger partial charge in [0.05, 0.1) is 12.8 Å². The van der Waals surface area contributed by atoms with E-state index in [9.17, 15) is 0 Å². The lowest BCUT2D eigenvalue weighted by molar-refractivity contribution is 0.414. The molecule has 1 heterocycles. The van der Waals surface area contributed by atoms with Gasteiger partial charge in [-0.05, 0) is 52.9 Å². The molecule has 0 aliphatic rings. The Hall–Kier alpha value is -3.32. The van der Waals surface area contributed by atoms with Crippen LogP contribution in [0.2, 0.25) is 0 Å². The summed E-state index contributed by atoms with van der Waals surface area (Å²) >= 11 is 1.55. The molecule has 6 nitrogen and oxygen atoms in total. The Morgan fingerprint density at radius 1 is 0.857 bits per heavy atom. The van der Waals surface area contributed by atoms with Gasteiger partial charge in [-0.1, -0.05) is 48.2 Å². The zero-order chi connectivity index (χ0) is 19.2. The molecule has 3 aromatic carbocycles. The first-order valence-electron chi connectivity index (χ1n) is 8.70. The molecule has 7 heteroatoms. The van der Waals surface area contributed by atoms with Crippen molar-refractivity contribution in [3.63, 3.8) is 0 Å². The van der Waals surface area contributed by atoms with Gasteiger partial charge in [-0.25, -0.2) is 0 Å². The van der Waals surface area contributed by atoms with E-state index in [-0.39, 0.29) is 0 Å². The van der Waals surface area contributed by atoms with E-state index in [1.165, 1.54) is 0 Å². The summed E-state index contributed by atoms with van der Waals surface area (Å²) in [6.45, 7) is 0. The van der Waals surface area contributed by atoms with E-state index in [4.69, 9.17) is 9.47 Å². The highest BCUT2D eigenvalue weighted by Crippen LogP contribution is 2.30. The fourth-order valence-corrected chi connectivity index (χ4v) is 3.52. The van der Waals surface area contributed by atoms with Crippen molar-refractivity contribution in [1.82, 2.24) is 20.2 Å². The number of hydrogen-bond acceptors (Lipinski definition) is 6. The summed E-state index contributed by atoms with van der Waals surface area (Å²) < 4.78 is 13.0. The lowest BCUT2D eigenvalue weighted by Crippen LogP contribution is -1.99. The summed E-state index contributed by atoms with van der Waals surface area (Å²) in [6.07, 6.45) is 0. The average molecular weight is 390 g/mol. The first-order valence-corrected chi connectivity index (χ1v) is 9.68. The molecule has 28 heavy (non-hydrogen) atoms. The highest BCUT2D eigenvalue weighted by atomic mass is 32.2. The zero-order valence-electron chi connectivity index (χ0n) is 15.2. The van der Waals surface area contributed by atoms with Gasteiger partial charge in [0.25, 0.3) is 0 Å². The second kappa shape index (κ2) is 8.58. The summed E-state index contributed by atoms with van der Waals surface area (Å²) in [5.74, 6) is 3.10. The lowest BCUT2D eigenvalue weighted by Gasteiger charge is -2.11. The van der Waals surface area contributed by atoms with Crippen LogP contribution in [0.1, 0.15) is 5.56 Å². The molecule has 0 unspecified atom stereocenters. The Bertz CT molecular complexity index is 1040. The van der Waals surface area contributed by atoms with Crippen LogP contribution in [0.5, 0.6) is 17.2 Å². The van der Waals surface area contributed by atoms with Crippen LogP contribution in [0.4, 0.5) is 0 Å². The van der Waals surface area contributed by atoms with Crippen LogP contribution in [0, 0.1) is 0 Å². The van der Waals surface area contributed by atoms with Crippen LogP contribution in [-0.2, 0) is 5.75 Å². The second-order valence-corrected chi connectivity index (χ2v) is 6.83. The van der Waals surface area contributed by atoms with Crippen molar-refractivity contribution >= 4 is 11.8 Å². The maximum atomic E-state index is 6.03. The minimum absolute atomic E-state index is 0.680. The second-order valence-electron chi connectivity index (χ2n) is 5.88. The fourth-order valence-electron chi connectivity index (χ4n) is 2.63. The molecule has 0 aliphatic carbocycles. The third kappa shape index (κ3) is 4.15. The maximum Gasteiger partial charge on any atom is 0.214 e. The van der Waals surface area contributed by atoms with Crippen molar-refractivity contribution in [2.45, 2.75) is 10.9 Å². The van der Waals surface area contributed by atoms with E-state index >= 15 is 0 Å². The maximum absolute atomic E-state index is 6.03. The predicted molar refractivity (Wildman–Crippen MR) is 108 cm³/mol.